The number of halogens is 1. The number of pyridine rings is 1. The highest BCUT2D eigenvalue weighted by Crippen LogP contribution is 2.19. The Morgan fingerprint density at radius 1 is 0.923 bits per heavy atom. The average Bonchev–Trinajstić information content (AvgIpc) is 2.63. The molecule has 1 amide bonds. The quantitative estimate of drug-likeness (QED) is 0.697. The Morgan fingerprint density at radius 3 is 2.27 bits per heavy atom. The van der Waals surface area contributed by atoms with E-state index in [4.69, 9.17) is 11.6 Å². The zero-order chi connectivity index (χ0) is 18.6. The molecule has 132 valence electrons. The van der Waals surface area contributed by atoms with Gasteiger partial charge < -0.3 is 5.32 Å². The largest absolute Gasteiger partial charge is 0.322 e. The lowest BCUT2D eigenvalue weighted by Crippen LogP contribution is -2.15. The van der Waals surface area contributed by atoms with Crippen molar-refractivity contribution in [3.8, 4) is 0 Å². The highest BCUT2D eigenvalue weighted by Gasteiger charge is 2.15. The molecule has 8 heteroatoms. The van der Waals surface area contributed by atoms with Crippen LogP contribution in [0.4, 0.5) is 11.5 Å². The Balaban J connectivity index is 1.74. The Kier molecular flexibility index (Phi) is 5.20. The van der Waals surface area contributed by atoms with Crippen LogP contribution in [0.25, 0.3) is 0 Å². The standard InChI is InChI=1S/C18H14ClN3O3S/c19-16-6-2-1-5-15(16)18(23)21-13-8-10-14(11-9-13)26(24,25)22-17-7-3-4-12-20-17/h1-12H,(H,20,22)(H,21,23). The van der Waals surface area contributed by atoms with Gasteiger partial charge in [-0.2, -0.15) is 0 Å². The number of aromatic nitrogens is 1. The molecule has 6 nitrogen and oxygen atoms in total. The third-order valence-corrected chi connectivity index (χ3v) is 5.15. The summed E-state index contributed by atoms with van der Waals surface area (Å²) in [5.74, 6) is -0.151. The van der Waals surface area contributed by atoms with E-state index < -0.39 is 10.0 Å². The maximum atomic E-state index is 12.3. The van der Waals surface area contributed by atoms with Gasteiger partial charge in [0.25, 0.3) is 15.9 Å². The first kappa shape index (κ1) is 17.9. The smallest absolute Gasteiger partial charge is 0.263 e. The molecule has 0 saturated carbocycles. The summed E-state index contributed by atoms with van der Waals surface area (Å²) < 4.78 is 27.1. The molecule has 0 saturated heterocycles. The van der Waals surface area contributed by atoms with Gasteiger partial charge in [-0.15, -0.1) is 0 Å². The fourth-order valence-electron chi connectivity index (χ4n) is 2.18. The number of hydrogen-bond donors (Lipinski definition) is 2. The minimum Gasteiger partial charge on any atom is -0.322 e. The van der Waals surface area contributed by atoms with Crippen LogP contribution in [0, 0.1) is 0 Å². The van der Waals surface area contributed by atoms with Crippen LogP contribution in [-0.2, 0) is 10.0 Å². The van der Waals surface area contributed by atoms with Crippen molar-refractivity contribution >= 4 is 39.0 Å². The molecule has 2 aromatic carbocycles. The minimum absolute atomic E-state index is 0.0545. The van der Waals surface area contributed by atoms with Crippen molar-refractivity contribution in [2.75, 3.05) is 10.0 Å². The molecule has 2 N–H and O–H groups in total. The molecular formula is C18H14ClN3O3S. The van der Waals surface area contributed by atoms with Gasteiger partial charge in [-0.25, -0.2) is 13.4 Å². The average molecular weight is 388 g/mol. The van der Waals surface area contributed by atoms with E-state index in [1.54, 1.807) is 42.5 Å². The monoisotopic (exact) mass is 387 g/mol. The maximum Gasteiger partial charge on any atom is 0.263 e. The van der Waals surface area contributed by atoms with E-state index in [0.717, 1.165) is 0 Å². The van der Waals surface area contributed by atoms with Gasteiger partial charge in [0.1, 0.15) is 5.82 Å². The second-order valence-corrected chi connectivity index (χ2v) is 7.37. The lowest BCUT2D eigenvalue weighted by Gasteiger charge is -2.09. The molecule has 0 radical (unpaired) electrons. The summed E-state index contributed by atoms with van der Waals surface area (Å²) in [6.07, 6.45) is 1.49. The third kappa shape index (κ3) is 4.19. The molecule has 0 unspecified atom stereocenters. The SMILES string of the molecule is O=C(Nc1ccc(S(=O)(=O)Nc2ccccn2)cc1)c1ccccc1Cl. The molecule has 0 aliphatic heterocycles. The second kappa shape index (κ2) is 7.55. The Labute approximate surface area is 155 Å². The molecule has 3 rings (SSSR count). The lowest BCUT2D eigenvalue weighted by molar-refractivity contribution is 0.102. The normalized spacial score (nSPS) is 11.0. The fraction of sp³-hybridized carbons (Fsp3) is 0. The zero-order valence-electron chi connectivity index (χ0n) is 13.4. The van der Waals surface area contributed by atoms with Crippen molar-refractivity contribution < 1.29 is 13.2 Å². The summed E-state index contributed by atoms with van der Waals surface area (Å²) >= 11 is 5.99. The van der Waals surface area contributed by atoms with E-state index in [1.165, 1.54) is 30.5 Å². The van der Waals surface area contributed by atoms with Crippen LogP contribution in [0.5, 0.6) is 0 Å². The summed E-state index contributed by atoms with van der Waals surface area (Å²) in [4.78, 5) is 16.2. The number of rotatable bonds is 5. The molecule has 1 aromatic heterocycles. The number of nitrogens with zero attached hydrogens (tertiary/aromatic N) is 1. The van der Waals surface area contributed by atoms with Crippen molar-refractivity contribution in [2.45, 2.75) is 4.90 Å². The summed E-state index contributed by atoms with van der Waals surface area (Å²) in [5.41, 5.74) is 0.786. The van der Waals surface area contributed by atoms with Crippen molar-refractivity contribution in [1.29, 1.82) is 0 Å². The molecular weight excluding hydrogens is 374 g/mol. The Morgan fingerprint density at radius 2 is 1.62 bits per heavy atom. The zero-order valence-corrected chi connectivity index (χ0v) is 15.0. The van der Waals surface area contributed by atoms with E-state index in [-0.39, 0.29) is 16.6 Å². The van der Waals surface area contributed by atoms with Crippen LogP contribution in [0.2, 0.25) is 5.02 Å². The third-order valence-electron chi connectivity index (χ3n) is 3.44. The van der Waals surface area contributed by atoms with E-state index in [9.17, 15) is 13.2 Å². The number of benzene rings is 2. The van der Waals surface area contributed by atoms with Gasteiger partial charge in [0.2, 0.25) is 0 Å². The molecule has 0 aliphatic carbocycles. The second-order valence-electron chi connectivity index (χ2n) is 5.28. The van der Waals surface area contributed by atoms with E-state index in [2.05, 4.69) is 15.0 Å². The van der Waals surface area contributed by atoms with E-state index in [1.807, 2.05) is 0 Å². The van der Waals surface area contributed by atoms with E-state index >= 15 is 0 Å². The maximum absolute atomic E-state index is 12.3. The predicted molar refractivity (Wildman–Crippen MR) is 101 cm³/mol. The first-order valence-electron chi connectivity index (χ1n) is 7.55. The number of amides is 1. The number of hydrogen-bond acceptors (Lipinski definition) is 4. The number of nitrogens with one attached hydrogen (secondary N) is 2. The van der Waals surface area contributed by atoms with Crippen molar-refractivity contribution in [2.24, 2.45) is 0 Å². The highest BCUT2D eigenvalue weighted by atomic mass is 35.5. The molecule has 3 aromatic rings. The van der Waals surface area contributed by atoms with Crippen molar-refractivity contribution in [1.82, 2.24) is 4.98 Å². The number of carbonyl (C=O) groups is 1. The number of sulfonamides is 1. The fourth-order valence-corrected chi connectivity index (χ4v) is 3.41. The molecule has 0 spiro atoms. The van der Waals surface area contributed by atoms with Gasteiger partial charge in [0.15, 0.2) is 0 Å². The van der Waals surface area contributed by atoms with Crippen LogP contribution in [0.15, 0.2) is 77.8 Å². The predicted octanol–water partition coefficient (Wildman–Crippen LogP) is 3.79. The van der Waals surface area contributed by atoms with Gasteiger partial charge >= 0.3 is 0 Å². The van der Waals surface area contributed by atoms with Crippen LogP contribution in [0.3, 0.4) is 0 Å². The van der Waals surface area contributed by atoms with Gasteiger partial charge in [0, 0.05) is 11.9 Å². The van der Waals surface area contributed by atoms with Gasteiger partial charge in [0.05, 0.1) is 15.5 Å². The molecule has 26 heavy (non-hydrogen) atoms. The van der Waals surface area contributed by atoms with Crippen molar-refractivity contribution in [3.63, 3.8) is 0 Å². The van der Waals surface area contributed by atoms with Gasteiger partial charge in [-0.1, -0.05) is 29.8 Å². The highest BCUT2D eigenvalue weighted by molar-refractivity contribution is 7.92. The molecule has 0 atom stereocenters. The first-order valence-corrected chi connectivity index (χ1v) is 9.42. The molecule has 0 bridgehead atoms. The summed E-state index contributed by atoms with van der Waals surface area (Å²) in [5, 5.41) is 3.01. The number of anilines is 2. The Bertz CT molecular complexity index is 1020. The number of carbonyl (C=O) groups excluding carboxylic acids is 1. The van der Waals surface area contributed by atoms with Crippen LogP contribution < -0.4 is 10.0 Å². The first-order chi connectivity index (χ1) is 12.5. The Hall–Kier alpha value is -2.90. The van der Waals surface area contributed by atoms with E-state index in [0.29, 0.717) is 16.3 Å². The van der Waals surface area contributed by atoms with Crippen LogP contribution in [0.1, 0.15) is 10.4 Å². The molecule has 0 aliphatic rings. The summed E-state index contributed by atoms with van der Waals surface area (Å²) in [7, 11) is -3.76. The topological polar surface area (TPSA) is 88.2 Å². The minimum atomic E-state index is -3.76. The molecule has 0 fully saturated rings. The van der Waals surface area contributed by atoms with Crippen LogP contribution in [-0.4, -0.2) is 19.3 Å². The van der Waals surface area contributed by atoms with Crippen molar-refractivity contribution in [3.05, 3.63) is 83.5 Å². The summed E-state index contributed by atoms with van der Waals surface area (Å²) in [6.45, 7) is 0. The van der Waals surface area contributed by atoms with Gasteiger partial charge in [-0.05, 0) is 48.5 Å². The molecule has 1 heterocycles. The lowest BCUT2D eigenvalue weighted by atomic mass is 10.2. The van der Waals surface area contributed by atoms with Gasteiger partial charge in [-0.3, -0.25) is 9.52 Å². The van der Waals surface area contributed by atoms with Crippen LogP contribution >= 0.6 is 11.6 Å². The summed E-state index contributed by atoms with van der Waals surface area (Å²) in [6, 6.07) is 17.4.